The molecule has 2 rings (SSSR count). The van der Waals surface area contributed by atoms with Gasteiger partial charge in [-0.1, -0.05) is 25.5 Å². The van der Waals surface area contributed by atoms with E-state index in [4.69, 9.17) is 0 Å². The van der Waals surface area contributed by atoms with Crippen LogP contribution in [-0.4, -0.2) is 18.0 Å². The Kier molecular flexibility index (Phi) is 3.94. The molecular formula is C14H20FN. The zero-order chi connectivity index (χ0) is 11.4. The van der Waals surface area contributed by atoms with Crippen LogP contribution in [0.1, 0.15) is 31.7 Å². The summed E-state index contributed by atoms with van der Waals surface area (Å²) >= 11 is 0. The third-order valence-corrected chi connectivity index (χ3v) is 3.60. The molecule has 1 saturated heterocycles. The van der Waals surface area contributed by atoms with Gasteiger partial charge in [0, 0.05) is 6.54 Å². The van der Waals surface area contributed by atoms with Gasteiger partial charge in [0.25, 0.3) is 0 Å². The van der Waals surface area contributed by atoms with Gasteiger partial charge in [-0.05, 0) is 49.5 Å². The molecular weight excluding hydrogens is 201 g/mol. The van der Waals surface area contributed by atoms with E-state index < -0.39 is 0 Å². The molecule has 1 aromatic rings. The number of piperidine rings is 1. The molecule has 0 N–H and O–H groups in total. The van der Waals surface area contributed by atoms with Crippen molar-refractivity contribution in [3.8, 4) is 0 Å². The second kappa shape index (κ2) is 5.44. The fraction of sp³-hybridized carbons (Fsp3) is 0.571. The summed E-state index contributed by atoms with van der Waals surface area (Å²) in [6.07, 6.45) is 3.94. The van der Waals surface area contributed by atoms with Crippen LogP contribution in [-0.2, 0) is 6.54 Å². The molecule has 88 valence electrons. The van der Waals surface area contributed by atoms with Crippen LogP contribution in [0, 0.1) is 11.7 Å². The maximum absolute atomic E-state index is 12.7. The Morgan fingerprint density at radius 2 is 1.81 bits per heavy atom. The number of likely N-dealkylation sites (tertiary alicyclic amines) is 1. The first-order valence-corrected chi connectivity index (χ1v) is 6.24. The first-order valence-electron chi connectivity index (χ1n) is 6.24. The van der Waals surface area contributed by atoms with Crippen molar-refractivity contribution in [3.63, 3.8) is 0 Å². The second-order valence-corrected chi connectivity index (χ2v) is 4.75. The molecule has 0 unspecified atom stereocenters. The molecule has 1 aromatic carbocycles. The molecule has 1 fully saturated rings. The summed E-state index contributed by atoms with van der Waals surface area (Å²) in [5.41, 5.74) is 1.22. The lowest BCUT2D eigenvalue weighted by molar-refractivity contribution is 0.175. The summed E-state index contributed by atoms with van der Waals surface area (Å²) in [5.74, 6) is 0.776. The normalized spacial score (nSPS) is 18.9. The molecule has 0 aromatic heterocycles. The average molecular weight is 221 g/mol. The lowest BCUT2D eigenvalue weighted by Gasteiger charge is -2.31. The summed E-state index contributed by atoms with van der Waals surface area (Å²) in [5, 5.41) is 0. The first kappa shape index (κ1) is 11.6. The standard InChI is InChI=1S/C14H20FN/c1-2-12-7-9-16(10-8-12)11-13-3-5-14(15)6-4-13/h3-6,12H,2,7-11H2,1H3. The van der Waals surface area contributed by atoms with Crippen LogP contribution >= 0.6 is 0 Å². The fourth-order valence-corrected chi connectivity index (χ4v) is 2.40. The minimum atomic E-state index is -0.145. The van der Waals surface area contributed by atoms with Gasteiger partial charge in [-0.2, -0.15) is 0 Å². The molecule has 1 aliphatic rings. The van der Waals surface area contributed by atoms with Gasteiger partial charge in [0.2, 0.25) is 0 Å². The van der Waals surface area contributed by atoms with E-state index in [1.165, 1.54) is 37.9 Å². The van der Waals surface area contributed by atoms with E-state index in [9.17, 15) is 4.39 Å². The highest BCUT2D eigenvalue weighted by molar-refractivity contribution is 5.15. The van der Waals surface area contributed by atoms with Crippen molar-refractivity contribution in [2.45, 2.75) is 32.7 Å². The fourth-order valence-electron chi connectivity index (χ4n) is 2.40. The smallest absolute Gasteiger partial charge is 0.123 e. The van der Waals surface area contributed by atoms with Crippen molar-refractivity contribution in [1.82, 2.24) is 4.90 Å². The lowest BCUT2D eigenvalue weighted by Crippen LogP contribution is -2.32. The lowest BCUT2D eigenvalue weighted by atomic mass is 9.94. The Bertz CT molecular complexity index is 312. The third-order valence-electron chi connectivity index (χ3n) is 3.60. The Balaban J connectivity index is 1.84. The number of hydrogen-bond acceptors (Lipinski definition) is 1. The largest absolute Gasteiger partial charge is 0.299 e. The van der Waals surface area contributed by atoms with Gasteiger partial charge >= 0.3 is 0 Å². The molecule has 0 amide bonds. The zero-order valence-corrected chi connectivity index (χ0v) is 9.95. The van der Waals surface area contributed by atoms with Gasteiger partial charge in [0.15, 0.2) is 0 Å². The highest BCUT2D eigenvalue weighted by atomic mass is 19.1. The second-order valence-electron chi connectivity index (χ2n) is 4.75. The van der Waals surface area contributed by atoms with Crippen molar-refractivity contribution in [1.29, 1.82) is 0 Å². The van der Waals surface area contributed by atoms with Crippen LogP contribution in [0.2, 0.25) is 0 Å². The van der Waals surface area contributed by atoms with E-state index >= 15 is 0 Å². The third kappa shape index (κ3) is 3.05. The molecule has 2 heteroatoms. The van der Waals surface area contributed by atoms with Crippen LogP contribution in [0.4, 0.5) is 4.39 Å². The molecule has 0 spiro atoms. The maximum atomic E-state index is 12.7. The number of benzene rings is 1. The topological polar surface area (TPSA) is 3.24 Å². The zero-order valence-electron chi connectivity index (χ0n) is 9.95. The van der Waals surface area contributed by atoms with Gasteiger partial charge in [0.1, 0.15) is 5.82 Å². The quantitative estimate of drug-likeness (QED) is 0.755. The summed E-state index contributed by atoms with van der Waals surface area (Å²) in [4.78, 5) is 2.47. The molecule has 1 nitrogen and oxygen atoms in total. The van der Waals surface area contributed by atoms with Crippen molar-refractivity contribution in [2.75, 3.05) is 13.1 Å². The van der Waals surface area contributed by atoms with Gasteiger partial charge in [-0.15, -0.1) is 0 Å². The maximum Gasteiger partial charge on any atom is 0.123 e. The molecule has 16 heavy (non-hydrogen) atoms. The van der Waals surface area contributed by atoms with Crippen molar-refractivity contribution in [3.05, 3.63) is 35.6 Å². The molecule has 0 atom stereocenters. The monoisotopic (exact) mass is 221 g/mol. The summed E-state index contributed by atoms with van der Waals surface area (Å²) < 4.78 is 12.7. The van der Waals surface area contributed by atoms with Crippen LogP contribution in [0.15, 0.2) is 24.3 Å². The van der Waals surface area contributed by atoms with Crippen molar-refractivity contribution >= 4 is 0 Å². The minimum Gasteiger partial charge on any atom is -0.299 e. The SMILES string of the molecule is CCC1CCN(Cc2ccc(F)cc2)CC1. The number of nitrogens with zero attached hydrogens (tertiary/aromatic N) is 1. The van der Waals surface area contributed by atoms with E-state index in [-0.39, 0.29) is 5.82 Å². The van der Waals surface area contributed by atoms with Crippen LogP contribution in [0.25, 0.3) is 0 Å². The summed E-state index contributed by atoms with van der Waals surface area (Å²) in [7, 11) is 0. The van der Waals surface area contributed by atoms with E-state index in [2.05, 4.69) is 11.8 Å². The Hall–Kier alpha value is -0.890. The Morgan fingerprint density at radius 1 is 1.19 bits per heavy atom. The Labute approximate surface area is 97.3 Å². The number of halogens is 1. The van der Waals surface area contributed by atoms with Gasteiger partial charge in [0.05, 0.1) is 0 Å². The molecule has 0 bridgehead atoms. The predicted molar refractivity (Wildman–Crippen MR) is 64.7 cm³/mol. The van der Waals surface area contributed by atoms with E-state index in [0.717, 1.165) is 12.5 Å². The number of hydrogen-bond donors (Lipinski definition) is 0. The highest BCUT2D eigenvalue weighted by Crippen LogP contribution is 2.21. The van der Waals surface area contributed by atoms with Crippen LogP contribution in [0.3, 0.4) is 0 Å². The van der Waals surface area contributed by atoms with Crippen LogP contribution < -0.4 is 0 Å². The predicted octanol–water partition coefficient (Wildman–Crippen LogP) is 3.45. The van der Waals surface area contributed by atoms with Crippen molar-refractivity contribution in [2.24, 2.45) is 5.92 Å². The van der Waals surface area contributed by atoms with Crippen LogP contribution in [0.5, 0.6) is 0 Å². The molecule has 1 heterocycles. The molecule has 0 saturated carbocycles. The first-order chi connectivity index (χ1) is 7.78. The van der Waals surface area contributed by atoms with Gasteiger partial charge < -0.3 is 0 Å². The molecule has 0 aliphatic carbocycles. The van der Waals surface area contributed by atoms with E-state index in [1.54, 1.807) is 12.1 Å². The molecule has 0 radical (unpaired) electrons. The highest BCUT2D eigenvalue weighted by Gasteiger charge is 2.17. The Morgan fingerprint density at radius 3 is 2.38 bits per heavy atom. The van der Waals surface area contributed by atoms with E-state index in [1.807, 2.05) is 12.1 Å². The summed E-state index contributed by atoms with van der Waals surface area (Å²) in [6, 6.07) is 6.88. The summed E-state index contributed by atoms with van der Waals surface area (Å²) in [6.45, 7) is 5.63. The molecule has 1 aliphatic heterocycles. The van der Waals surface area contributed by atoms with Crippen molar-refractivity contribution < 1.29 is 4.39 Å². The van der Waals surface area contributed by atoms with Gasteiger partial charge in [-0.3, -0.25) is 4.90 Å². The minimum absolute atomic E-state index is 0.145. The van der Waals surface area contributed by atoms with Gasteiger partial charge in [-0.25, -0.2) is 4.39 Å². The number of rotatable bonds is 3. The average Bonchev–Trinajstić information content (AvgIpc) is 2.33. The van der Waals surface area contributed by atoms with E-state index in [0.29, 0.717) is 0 Å².